The number of thioether (sulfide) groups is 1. The Morgan fingerprint density at radius 2 is 1.94 bits per heavy atom. The lowest BCUT2D eigenvalue weighted by Gasteiger charge is -2.30. The zero-order valence-electron chi connectivity index (χ0n) is 18.3. The van der Waals surface area contributed by atoms with Crippen molar-refractivity contribution in [1.29, 1.82) is 5.26 Å². The number of quaternary nitrogens is 1. The average Bonchev–Trinajstić information content (AvgIpc) is 3.12. The number of hydrogen-bond acceptors (Lipinski definition) is 5. The molecule has 2 aromatic rings. The second-order valence-corrected chi connectivity index (χ2v) is 9.75. The molecule has 7 nitrogen and oxygen atoms in total. The van der Waals surface area contributed by atoms with Crippen LogP contribution in [0.15, 0.2) is 65.2 Å². The van der Waals surface area contributed by atoms with Crippen LogP contribution in [-0.2, 0) is 16.0 Å². The summed E-state index contributed by atoms with van der Waals surface area (Å²) in [6.07, 6.45) is 0.443. The van der Waals surface area contributed by atoms with Crippen molar-refractivity contribution < 1.29 is 14.5 Å². The van der Waals surface area contributed by atoms with Gasteiger partial charge in [0.2, 0.25) is 5.91 Å². The van der Waals surface area contributed by atoms with E-state index >= 15 is 0 Å². The van der Waals surface area contributed by atoms with E-state index in [2.05, 4.69) is 18.5 Å². The van der Waals surface area contributed by atoms with Gasteiger partial charge in [0.25, 0.3) is 5.91 Å². The summed E-state index contributed by atoms with van der Waals surface area (Å²) in [7, 11) is 2.11. The number of carbonyl (C=O) groups is 2. The molecular formula is C24H25ClN5O2S+. The first-order valence-corrected chi connectivity index (χ1v) is 12.0. The summed E-state index contributed by atoms with van der Waals surface area (Å²) < 4.78 is 0. The van der Waals surface area contributed by atoms with E-state index in [4.69, 9.17) is 11.6 Å². The summed E-state index contributed by atoms with van der Waals surface area (Å²) in [5.41, 5.74) is 4.35. The second kappa shape index (κ2) is 10.4. The Balaban J connectivity index is 1.64. The van der Waals surface area contributed by atoms with E-state index in [0.29, 0.717) is 35.2 Å². The van der Waals surface area contributed by atoms with Gasteiger partial charge >= 0.3 is 0 Å². The number of hydrazine groups is 1. The van der Waals surface area contributed by atoms with Gasteiger partial charge in [-0.2, -0.15) is 5.26 Å². The summed E-state index contributed by atoms with van der Waals surface area (Å²) in [4.78, 5) is 29.4. The first-order chi connectivity index (χ1) is 16.0. The van der Waals surface area contributed by atoms with Crippen molar-refractivity contribution in [3.8, 4) is 6.07 Å². The van der Waals surface area contributed by atoms with Crippen molar-refractivity contribution in [2.45, 2.75) is 11.7 Å². The molecule has 0 saturated carbocycles. The fourth-order valence-corrected chi connectivity index (χ4v) is 5.40. The Kier molecular flexibility index (Phi) is 7.36. The van der Waals surface area contributed by atoms with Crippen molar-refractivity contribution in [2.24, 2.45) is 0 Å². The predicted molar refractivity (Wildman–Crippen MR) is 129 cm³/mol. The number of carbonyl (C=O) groups excluding carboxylic acids is 2. The Morgan fingerprint density at radius 1 is 1.21 bits per heavy atom. The van der Waals surface area contributed by atoms with Crippen LogP contribution in [0.2, 0.25) is 5.02 Å². The highest BCUT2D eigenvalue weighted by molar-refractivity contribution is 8.05. The maximum Gasteiger partial charge on any atom is 0.278 e. The maximum atomic E-state index is 13.5. The van der Waals surface area contributed by atoms with Crippen molar-refractivity contribution in [3.05, 3.63) is 75.8 Å². The fourth-order valence-electron chi connectivity index (χ4n) is 3.88. The van der Waals surface area contributed by atoms with Gasteiger partial charge in [-0.15, -0.1) is 0 Å². The van der Waals surface area contributed by atoms with Gasteiger partial charge in [0.15, 0.2) is 0 Å². The molecule has 9 heteroatoms. The summed E-state index contributed by atoms with van der Waals surface area (Å²) in [6, 6.07) is 18.6. The lowest BCUT2D eigenvalue weighted by atomic mass is 10.1. The van der Waals surface area contributed by atoms with E-state index in [1.165, 1.54) is 21.6 Å². The normalized spacial score (nSPS) is 21.1. The molecule has 0 aliphatic carbocycles. The van der Waals surface area contributed by atoms with Gasteiger partial charge in [-0.3, -0.25) is 19.9 Å². The highest BCUT2D eigenvalue weighted by Gasteiger charge is 2.41. The lowest BCUT2D eigenvalue weighted by molar-refractivity contribution is -0.884. The Hall–Kier alpha value is -2.83. The standard InChI is InChI=1S/C24H24ClN5O2S/c1-28-10-12-29(13-11-28)27-22(31)20(16-26)24-30(19-8-3-2-4-9-19)23(32)21(33-24)15-17-6-5-7-18(25)14-17/h2-9,14,21H,10-13,15H2,1H3,(H,27,31)/p+1/b24-20-. The zero-order chi connectivity index (χ0) is 23.4. The van der Waals surface area contributed by atoms with Crippen molar-refractivity contribution >= 4 is 40.9 Å². The monoisotopic (exact) mass is 482 g/mol. The number of rotatable bonds is 5. The molecule has 2 heterocycles. The molecule has 4 rings (SSSR count). The van der Waals surface area contributed by atoms with Crippen molar-refractivity contribution in [1.82, 2.24) is 10.4 Å². The van der Waals surface area contributed by atoms with Gasteiger partial charge in [-0.1, -0.05) is 53.7 Å². The van der Waals surface area contributed by atoms with E-state index in [9.17, 15) is 14.9 Å². The topological polar surface area (TPSA) is 80.9 Å². The molecule has 170 valence electrons. The van der Waals surface area contributed by atoms with Gasteiger partial charge < -0.3 is 4.90 Å². The van der Waals surface area contributed by atoms with Crippen LogP contribution in [0.4, 0.5) is 5.69 Å². The molecule has 1 unspecified atom stereocenters. The minimum atomic E-state index is -0.489. The third-order valence-corrected chi connectivity index (χ3v) is 7.20. The minimum absolute atomic E-state index is 0.0583. The smallest absolute Gasteiger partial charge is 0.278 e. The van der Waals surface area contributed by atoms with Crippen LogP contribution in [0.5, 0.6) is 0 Å². The molecule has 2 aromatic carbocycles. The van der Waals surface area contributed by atoms with Crippen LogP contribution in [0.25, 0.3) is 0 Å². The number of nitrogens with zero attached hydrogens (tertiary/aromatic N) is 3. The largest absolute Gasteiger partial charge is 0.335 e. The molecular weight excluding hydrogens is 458 g/mol. The number of benzene rings is 2. The van der Waals surface area contributed by atoms with E-state index < -0.39 is 11.2 Å². The number of anilines is 1. The van der Waals surface area contributed by atoms with Gasteiger partial charge in [0.05, 0.1) is 38.5 Å². The van der Waals surface area contributed by atoms with Gasteiger partial charge in [0.1, 0.15) is 16.7 Å². The molecule has 1 atom stereocenters. The number of amides is 2. The number of nitrogens with one attached hydrogen (secondary N) is 2. The first-order valence-electron chi connectivity index (χ1n) is 10.8. The molecule has 2 saturated heterocycles. The quantitative estimate of drug-likeness (QED) is 0.500. The highest BCUT2D eigenvalue weighted by Crippen LogP contribution is 2.41. The second-order valence-electron chi connectivity index (χ2n) is 8.13. The molecule has 2 aliphatic rings. The number of halogens is 1. The van der Waals surface area contributed by atoms with Crippen LogP contribution in [0.1, 0.15) is 5.56 Å². The number of likely N-dealkylation sites (N-methyl/N-ethyl adjacent to an activating group) is 1. The van der Waals surface area contributed by atoms with Crippen LogP contribution in [0.3, 0.4) is 0 Å². The molecule has 2 amide bonds. The third-order valence-electron chi connectivity index (χ3n) is 5.71. The van der Waals surface area contributed by atoms with E-state index in [-0.39, 0.29) is 11.5 Å². The maximum absolute atomic E-state index is 13.5. The summed E-state index contributed by atoms with van der Waals surface area (Å²) in [5.74, 6) is -0.651. The first kappa shape index (κ1) is 23.3. The fraction of sp³-hybridized carbons (Fsp3) is 0.292. The van der Waals surface area contributed by atoms with E-state index in [0.717, 1.165) is 18.7 Å². The summed E-state index contributed by atoms with van der Waals surface area (Å²) >= 11 is 7.38. The molecule has 0 aromatic heterocycles. The average molecular weight is 483 g/mol. The van der Waals surface area contributed by atoms with Crippen LogP contribution in [0, 0.1) is 11.3 Å². The van der Waals surface area contributed by atoms with Crippen LogP contribution < -0.4 is 15.2 Å². The van der Waals surface area contributed by atoms with Crippen molar-refractivity contribution in [3.63, 3.8) is 0 Å². The third kappa shape index (κ3) is 5.40. The number of hydrogen-bond donors (Lipinski definition) is 2. The molecule has 2 fully saturated rings. The Morgan fingerprint density at radius 3 is 2.61 bits per heavy atom. The number of para-hydroxylation sites is 1. The van der Waals surface area contributed by atoms with E-state index in [1.807, 2.05) is 41.4 Å². The Bertz CT molecular complexity index is 1110. The molecule has 2 aliphatic heterocycles. The summed E-state index contributed by atoms with van der Waals surface area (Å²) in [6.45, 7) is 3.22. The minimum Gasteiger partial charge on any atom is -0.335 e. The Labute approximate surface area is 202 Å². The SMILES string of the molecule is C[NH+]1CCN(NC(=O)/C(C#N)=C2\SC(Cc3cccc(Cl)c3)C(=O)N2c2ccccc2)CC1. The zero-order valence-corrected chi connectivity index (χ0v) is 19.8. The summed E-state index contributed by atoms with van der Waals surface area (Å²) in [5, 5.41) is 12.3. The molecule has 33 heavy (non-hydrogen) atoms. The lowest BCUT2D eigenvalue weighted by Crippen LogP contribution is -3.12. The van der Waals surface area contributed by atoms with Gasteiger partial charge in [0, 0.05) is 10.7 Å². The molecule has 2 N–H and O–H groups in total. The van der Waals surface area contributed by atoms with Crippen molar-refractivity contribution in [2.75, 3.05) is 38.1 Å². The number of nitriles is 1. The van der Waals surface area contributed by atoms with Crippen LogP contribution in [-0.4, -0.2) is 55.3 Å². The molecule has 0 bridgehead atoms. The van der Waals surface area contributed by atoms with Gasteiger partial charge in [-0.05, 0) is 36.2 Å². The highest BCUT2D eigenvalue weighted by atomic mass is 35.5. The van der Waals surface area contributed by atoms with Gasteiger partial charge in [-0.25, -0.2) is 5.01 Å². The predicted octanol–water partition coefficient (Wildman–Crippen LogP) is 1.63. The molecule has 0 radical (unpaired) electrons. The van der Waals surface area contributed by atoms with E-state index in [1.54, 1.807) is 18.2 Å². The van der Waals surface area contributed by atoms with Crippen LogP contribution >= 0.6 is 23.4 Å². The molecule has 0 spiro atoms. The number of piperazine rings is 1.